The molecule has 0 bridgehead atoms. The van der Waals surface area contributed by atoms with Crippen molar-refractivity contribution in [1.82, 2.24) is 14.5 Å². The Bertz CT molecular complexity index is 1580. The van der Waals surface area contributed by atoms with Crippen LogP contribution in [-0.2, 0) is 0 Å². The van der Waals surface area contributed by atoms with Crippen molar-refractivity contribution in [2.45, 2.75) is 38.6 Å². The Morgan fingerprint density at radius 2 is 1.85 bits per heavy atom. The molecule has 1 fully saturated rings. The fraction of sp³-hybridized carbons (Fsp3) is 0.222. The van der Waals surface area contributed by atoms with E-state index in [9.17, 15) is 0 Å². The van der Waals surface area contributed by atoms with E-state index in [1.54, 1.807) is 6.20 Å². The van der Waals surface area contributed by atoms with E-state index >= 15 is 0 Å². The summed E-state index contributed by atoms with van der Waals surface area (Å²) in [5.41, 5.74) is 5.65. The molecule has 0 unspecified atom stereocenters. The van der Waals surface area contributed by atoms with Crippen LogP contribution < -0.4 is 21.4 Å². The zero-order chi connectivity index (χ0) is 23.2. The van der Waals surface area contributed by atoms with Crippen molar-refractivity contribution in [1.29, 1.82) is 0 Å². The number of aryl methyl sites for hydroxylation is 1. The van der Waals surface area contributed by atoms with Gasteiger partial charge in [-0.05, 0) is 75.1 Å². The summed E-state index contributed by atoms with van der Waals surface area (Å²) in [5, 5.41) is 7.59. The van der Waals surface area contributed by atoms with Gasteiger partial charge in [-0.25, -0.2) is 4.98 Å². The van der Waals surface area contributed by atoms with Crippen LogP contribution in [0.1, 0.15) is 31.4 Å². The molecule has 7 heteroatoms. The summed E-state index contributed by atoms with van der Waals surface area (Å²) in [6, 6.07) is 14.3. The van der Waals surface area contributed by atoms with Gasteiger partial charge in [-0.1, -0.05) is 35.4 Å². The van der Waals surface area contributed by atoms with Crippen LogP contribution in [0.15, 0.2) is 53.7 Å². The van der Waals surface area contributed by atoms with E-state index in [0.717, 1.165) is 75.9 Å². The Morgan fingerprint density at radius 3 is 2.65 bits per heavy atom. The normalized spacial score (nSPS) is 15.6. The van der Waals surface area contributed by atoms with Crippen LogP contribution in [-0.4, -0.2) is 20.6 Å². The average Bonchev–Trinajstić information content (AvgIpc) is 3.65. The number of hydrogen-bond donors (Lipinski definition) is 1. The van der Waals surface area contributed by atoms with Crippen molar-refractivity contribution >= 4 is 46.7 Å². The van der Waals surface area contributed by atoms with Crippen LogP contribution in [0, 0.1) is 6.92 Å². The molecule has 1 aromatic carbocycles. The Balaban J connectivity index is 1.65. The van der Waals surface area contributed by atoms with Gasteiger partial charge in [-0.15, -0.1) is 0 Å². The van der Waals surface area contributed by atoms with Gasteiger partial charge in [0, 0.05) is 11.9 Å². The summed E-state index contributed by atoms with van der Waals surface area (Å²) in [4.78, 5) is 14.5. The zero-order valence-electron chi connectivity index (χ0n) is 18.7. The predicted molar refractivity (Wildman–Crippen MR) is 138 cm³/mol. The van der Waals surface area contributed by atoms with Crippen LogP contribution in [0.2, 0.25) is 10.0 Å². The van der Waals surface area contributed by atoms with Gasteiger partial charge in [0.05, 0.1) is 60.6 Å². The van der Waals surface area contributed by atoms with Gasteiger partial charge in [-0.3, -0.25) is 9.98 Å². The summed E-state index contributed by atoms with van der Waals surface area (Å²) in [6.45, 7) is 2.00. The zero-order valence-corrected chi connectivity index (χ0v) is 20.2. The fourth-order valence-electron chi connectivity index (χ4n) is 4.32. The van der Waals surface area contributed by atoms with Gasteiger partial charge < -0.3 is 9.88 Å². The Kier molecular flexibility index (Phi) is 5.39. The van der Waals surface area contributed by atoms with Gasteiger partial charge in [-0.2, -0.15) is 0 Å². The van der Waals surface area contributed by atoms with E-state index in [-0.39, 0.29) is 0 Å². The molecule has 170 valence electrons. The van der Waals surface area contributed by atoms with Crippen molar-refractivity contribution < 1.29 is 0 Å². The average molecular weight is 488 g/mol. The molecule has 0 spiro atoms. The molecule has 34 heavy (non-hydrogen) atoms. The number of nitrogens with zero attached hydrogens (tertiary/aromatic N) is 4. The third kappa shape index (κ3) is 3.99. The lowest BCUT2D eigenvalue weighted by Gasteiger charge is -2.20. The van der Waals surface area contributed by atoms with E-state index < -0.39 is 0 Å². The molecule has 1 aromatic heterocycles. The molecule has 1 aliphatic heterocycles. The van der Waals surface area contributed by atoms with Crippen molar-refractivity contribution in [2.75, 3.05) is 5.32 Å². The minimum absolute atomic E-state index is 0.372. The predicted octanol–water partition coefficient (Wildman–Crippen LogP) is 5.15. The number of anilines is 2. The monoisotopic (exact) mass is 487 g/mol. The molecule has 2 aromatic rings. The minimum atomic E-state index is 0.372. The number of halogens is 2. The third-order valence-electron chi connectivity index (χ3n) is 6.23. The minimum Gasteiger partial charge on any atom is -0.352 e. The Morgan fingerprint density at radius 1 is 1.00 bits per heavy atom. The van der Waals surface area contributed by atoms with Crippen LogP contribution in [0.25, 0.3) is 29.2 Å². The van der Waals surface area contributed by atoms with Gasteiger partial charge in [0.15, 0.2) is 0 Å². The molecule has 4 aliphatic rings. The highest BCUT2D eigenvalue weighted by atomic mass is 35.5. The summed E-state index contributed by atoms with van der Waals surface area (Å²) in [6.07, 6.45) is 10.4. The van der Waals surface area contributed by atoms with Gasteiger partial charge in [0.1, 0.15) is 0 Å². The molecule has 2 heterocycles. The summed E-state index contributed by atoms with van der Waals surface area (Å²) in [5.74, 6) is 0. The van der Waals surface area contributed by atoms with Crippen LogP contribution >= 0.6 is 23.2 Å². The first-order chi connectivity index (χ1) is 16.6. The number of rotatable bonds is 4. The van der Waals surface area contributed by atoms with Crippen molar-refractivity contribution in [3.8, 4) is 17.1 Å². The summed E-state index contributed by atoms with van der Waals surface area (Å²) in [7, 11) is 0. The first-order valence-electron chi connectivity index (χ1n) is 11.5. The molecule has 6 rings (SSSR count). The SMILES string of the molecule is Cc1ncccc1Nc1cc2nc3c(n(-c4ccc(Cl)c(Cl)c4)c-2cc1=NC1CC1)=CCCC=3. The lowest BCUT2D eigenvalue weighted by molar-refractivity contribution is 0.911. The largest absolute Gasteiger partial charge is 0.352 e. The van der Waals surface area contributed by atoms with Crippen LogP contribution in [0.3, 0.4) is 0 Å². The molecule has 0 saturated heterocycles. The maximum atomic E-state index is 6.42. The molecule has 5 nitrogen and oxygen atoms in total. The summed E-state index contributed by atoms with van der Waals surface area (Å²) < 4.78 is 2.22. The van der Waals surface area contributed by atoms with E-state index in [4.69, 9.17) is 33.2 Å². The maximum Gasteiger partial charge on any atom is 0.0900 e. The van der Waals surface area contributed by atoms with Crippen LogP contribution in [0.5, 0.6) is 0 Å². The number of benzene rings is 2. The Labute approximate surface area is 207 Å². The highest BCUT2D eigenvalue weighted by Crippen LogP contribution is 2.29. The van der Waals surface area contributed by atoms with Crippen molar-refractivity contribution in [3.05, 3.63) is 80.5 Å². The second-order valence-electron chi connectivity index (χ2n) is 8.78. The summed E-state index contributed by atoms with van der Waals surface area (Å²) >= 11 is 12.7. The van der Waals surface area contributed by atoms with E-state index in [1.165, 1.54) is 0 Å². The van der Waals surface area contributed by atoms with E-state index in [2.05, 4.69) is 39.2 Å². The highest BCUT2D eigenvalue weighted by molar-refractivity contribution is 6.42. The first-order valence-corrected chi connectivity index (χ1v) is 12.3. The number of hydrogen-bond acceptors (Lipinski definition) is 4. The lowest BCUT2D eigenvalue weighted by atomic mass is 10.1. The number of aromatic nitrogens is 3. The molecule has 0 radical (unpaired) electrons. The lowest BCUT2D eigenvalue weighted by Crippen LogP contribution is -2.40. The smallest absolute Gasteiger partial charge is 0.0900 e. The van der Waals surface area contributed by atoms with Crippen LogP contribution in [0.4, 0.5) is 11.4 Å². The molecule has 0 atom stereocenters. The molecule has 0 amide bonds. The molecule has 1 saturated carbocycles. The molecular formula is C27H23Cl2N5. The van der Waals surface area contributed by atoms with E-state index in [0.29, 0.717) is 16.1 Å². The fourth-order valence-corrected chi connectivity index (χ4v) is 4.62. The number of nitrogens with one attached hydrogen (secondary N) is 1. The Hall–Kier alpha value is -3.15. The third-order valence-corrected chi connectivity index (χ3v) is 6.97. The second-order valence-corrected chi connectivity index (χ2v) is 9.60. The van der Waals surface area contributed by atoms with Gasteiger partial charge in [0.25, 0.3) is 0 Å². The van der Waals surface area contributed by atoms with Crippen molar-refractivity contribution in [2.24, 2.45) is 4.99 Å². The second kappa shape index (κ2) is 8.57. The van der Waals surface area contributed by atoms with E-state index in [1.807, 2.05) is 37.3 Å². The first kappa shape index (κ1) is 21.4. The van der Waals surface area contributed by atoms with Crippen molar-refractivity contribution in [3.63, 3.8) is 0 Å². The standard InChI is InChI=1S/C27H23Cl2N5/c1-16-21(6-4-12-30-16)32-23-14-25-27(15-24(23)31-17-8-9-17)34(18-10-11-19(28)20(29)13-18)26-7-3-2-5-22(26)33-25/h4-7,10-15,17,32H,2-3,8-9H2,1H3. The quantitative estimate of drug-likeness (QED) is 0.433. The topological polar surface area (TPSA) is 55.1 Å². The number of pyridine rings is 1. The highest BCUT2D eigenvalue weighted by Gasteiger charge is 2.22. The molecule has 3 aliphatic carbocycles. The molecule has 1 N–H and O–H groups in total. The van der Waals surface area contributed by atoms with Gasteiger partial charge >= 0.3 is 0 Å². The van der Waals surface area contributed by atoms with Gasteiger partial charge in [0.2, 0.25) is 0 Å². The molecular weight excluding hydrogens is 465 g/mol. The number of fused-ring (bicyclic) bond motifs is 2. The maximum absolute atomic E-state index is 6.42.